The summed E-state index contributed by atoms with van der Waals surface area (Å²) < 4.78 is 4.48. The number of benzene rings is 1. The van der Waals surface area contributed by atoms with E-state index in [0.29, 0.717) is 0 Å². The van der Waals surface area contributed by atoms with Crippen LogP contribution in [0.2, 0.25) is 0 Å². The summed E-state index contributed by atoms with van der Waals surface area (Å²) in [5.41, 5.74) is 2.22. The van der Waals surface area contributed by atoms with E-state index in [1.807, 2.05) is 32.0 Å². The van der Waals surface area contributed by atoms with Gasteiger partial charge in [0.2, 0.25) is 5.91 Å². The van der Waals surface area contributed by atoms with Gasteiger partial charge in [0, 0.05) is 4.90 Å². The number of aliphatic hydroxyl groups excluding tert-OH is 1. The predicted molar refractivity (Wildman–Crippen MR) is 77.7 cm³/mol. The SMILES string of the molecule is COC(=O)C(CO)NC(=O)CSc1cc(C)ccc1C. The average Bonchev–Trinajstić information content (AvgIpc) is 2.44. The van der Waals surface area contributed by atoms with E-state index in [-0.39, 0.29) is 11.7 Å². The minimum atomic E-state index is -1.01. The van der Waals surface area contributed by atoms with Gasteiger partial charge in [0.25, 0.3) is 0 Å². The van der Waals surface area contributed by atoms with Crippen LogP contribution in [0.15, 0.2) is 23.1 Å². The maximum atomic E-state index is 11.8. The van der Waals surface area contributed by atoms with Crippen molar-refractivity contribution < 1.29 is 19.4 Å². The minimum Gasteiger partial charge on any atom is -0.467 e. The zero-order chi connectivity index (χ0) is 15.1. The van der Waals surface area contributed by atoms with E-state index in [9.17, 15) is 9.59 Å². The van der Waals surface area contributed by atoms with Crippen LogP contribution in [0.5, 0.6) is 0 Å². The number of aryl methyl sites for hydroxylation is 2. The molecule has 0 heterocycles. The van der Waals surface area contributed by atoms with Crippen molar-refractivity contribution in [3.63, 3.8) is 0 Å². The largest absolute Gasteiger partial charge is 0.467 e. The molecule has 1 aromatic rings. The van der Waals surface area contributed by atoms with Gasteiger partial charge in [0.15, 0.2) is 6.04 Å². The fraction of sp³-hybridized carbons (Fsp3) is 0.429. The zero-order valence-corrected chi connectivity index (χ0v) is 12.6. The number of thioether (sulfide) groups is 1. The number of aliphatic hydroxyl groups is 1. The number of rotatable bonds is 6. The monoisotopic (exact) mass is 297 g/mol. The van der Waals surface area contributed by atoms with Gasteiger partial charge < -0.3 is 15.2 Å². The summed E-state index contributed by atoms with van der Waals surface area (Å²) >= 11 is 1.40. The first-order chi connectivity index (χ1) is 9.47. The lowest BCUT2D eigenvalue weighted by molar-refractivity contribution is -0.145. The third-order valence-corrected chi connectivity index (χ3v) is 3.86. The van der Waals surface area contributed by atoms with Crippen molar-refractivity contribution in [2.75, 3.05) is 19.5 Å². The predicted octanol–water partition coefficient (Wildman–Crippen LogP) is 1.05. The summed E-state index contributed by atoms with van der Waals surface area (Å²) in [6, 6.07) is 5.02. The Morgan fingerprint density at radius 1 is 1.40 bits per heavy atom. The van der Waals surface area contributed by atoms with Gasteiger partial charge >= 0.3 is 5.97 Å². The van der Waals surface area contributed by atoms with Crippen LogP contribution in [-0.2, 0) is 14.3 Å². The molecule has 0 aliphatic carbocycles. The Labute approximate surface area is 122 Å². The molecule has 0 spiro atoms. The number of nitrogens with one attached hydrogen (secondary N) is 1. The van der Waals surface area contributed by atoms with Gasteiger partial charge in [0.1, 0.15) is 0 Å². The molecule has 0 saturated carbocycles. The molecule has 1 atom stereocenters. The van der Waals surface area contributed by atoms with Crippen molar-refractivity contribution in [2.45, 2.75) is 24.8 Å². The van der Waals surface area contributed by atoms with E-state index in [2.05, 4.69) is 10.1 Å². The lowest BCUT2D eigenvalue weighted by Crippen LogP contribution is -2.44. The second-order valence-corrected chi connectivity index (χ2v) is 5.40. The number of methoxy groups -OCH3 is 1. The maximum Gasteiger partial charge on any atom is 0.330 e. The third kappa shape index (κ3) is 4.86. The van der Waals surface area contributed by atoms with Crippen LogP contribution in [-0.4, -0.2) is 42.5 Å². The van der Waals surface area contributed by atoms with E-state index in [0.717, 1.165) is 16.0 Å². The Bertz CT molecular complexity index is 490. The quantitative estimate of drug-likeness (QED) is 0.606. The Morgan fingerprint density at radius 2 is 2.10 bits per heavy atom. The highest BCUT2D eigenvalue weighted by Crippen LogP contribution is 2.23. The van der Waals surface area contributed by atoms with Crippen molar-refractivity contribution in [3.8, 4) is 0 Å². The second kappa shape index (κ2) is 7.91. The first kappa shape index (κ1) is 16.5. The molecule has 0 aromatic heterocycles. The van der Waals surface area contributed by atoms with E-state index in [4.69, 9.17) is 5.11 Å². The highest BCUT2D eigenvalue weighted by atomic mass is 32.2. The Balaban J connectivity index is 2.54. The van der Waals surface area contributed by atoms with Crippen LogP contribution in [0.1, 0.15) is 11.1 Å². The zero-order valence-electron chi connectivity index (χ0n) is 11.8. The van der Waals surface area contributed by atoms with E-state index in [1.54, 1.807) is 0 Å². The summed E-state index contributed by atoms with van der Waals surface area (Å²) in [5.74, 6) is -0.796. The number of ether oxygens (including phenoxy) is 1. The van der Waals surface area contributed by atoms with Crippen molar-refractivity contribution in [2.24, 2.45) is 0 Å². The smallest absolute Gasteiger partial charge is 0.330 e. The number of hydrogen-bond donors (Lipinski definition) is 2. The summed E-state index contributed by atoms with van der Waals surface area (Å²) in [6.45, 7) is 3.49. The van der Waals surface area contributed by atoms with Gasteiger partial charge in [0.05, 0.1) is 19.5 Å². The van der Waals surface area contributed by atoms with Gasteiger partial charge in [-0.2, -0.15) is 0 Å². The molecular formula is C14H19NO4S. The first-order valence-corrected chi connectivity index (χ1v) is 7.14. The van der Waals surface area contributed by atoms with E-state index >= 15 is 0 Å². The topological polar surface area (TPSA) is 75.6 Å². The van der Waals surface area contributed by atoms with Crippen LogP contribution in [0, 0.1) is 13.8 Å². The van der Waals surface area contributed by atoms with Gasteiger partial charge in [-0.05, 0) is 25.5 Å². The average molecular weight is 297 g/mol. The van der Waals surface area contributed by atoms with Crippen LogP contribution < -0.4 is 5.32 Å². The minimum absolute atomic E-state index is 0.178. The fourth-order valence-corrected chi connectivity index (χ4v) is 2.50. The maximum absolute atomic E-state index is 11.8. The highest BCUT2D eigenvalue weighted by molar-refractivity contribution is 8.00. The van der Waals surface area contributed by atoms with Crippen LogP contribution in [0.3, 0.4) is 0 Å². The highest BCUT2D eigenvalue weighted by Gasteiger charge is 2.20. The summed E-state index contributed by atoms with van der Waals surface area (Å²) in [7, 11) is 1.21. The molecule has 110 valence electrons. The van der Waals surface area contributed by atoms with Crippen molar-refractivity contribution in [3.05, 3.63) is 29.3 Å². The number of carbonyl (C=O) groups is 2. The molecule has 1 aromatic carbocycles. The summed E-state index contributed by atoms with van der Waals surface area (Å²) in [5, 5.41) is 11.5. The van der Waals surface area contributed by atoms with E-state index in [1.165, 1.54) is 18.9 Å². The molecule has 1 amide bonds. The number of esters is 1. The molecule has 0 aliphatic rings. The number of hydrogen-bond acceptors (Lipinski definition) is 5. The van der Waals surface area contributed by atoms with Crippen molar-refractivity contribution in [1.29, 1.82) is 0 Å². The van der Waals surface area contributed by atoms with Gasteiger partial charge in [-0.3, -0.25) is 4.79 Å². The Kier molecular flexibility index (Phi) is 6.54. The van der Waals surface area contributed by atoms with Crippen LogP contribution in [0.25, 0.3) is 0 Å². The molecule has 0 fully saturated rings. The number of amides is 1. The number of carbonyl (C=O) groups excluding carboxylic acids is 2. The second-order valence-electron chi connectivity index (χ2n) is 4.38. The molecule has 0 aliphatic heterocycles. The van der Waals surface area contributed by atoms with Gasteiger partial charge in [-0.15, -0.1) is 11.8 Å². The Morgan fingerprint density at radius 3 is 2.70 bits per heavy atom. The molecule has 1 rings (SSSR count). The first-order valence-electron chi connectivity index (χ1n) is 6.16. The molecular weight excluding hydrogens is 278 g/mol. The van der Waals surface area contributed by atoms with Crippen LogP contribution in [0.4, 0.5) is 0 Å². The van der Waals surface area contributed by atoms with Gasteiger partial charge in [-0.1, -0.05) is 17.7 Å². The van der Waals surface area contributed by atoms with Gasteiger partial charge in [-0.25, -0.2) is 4.79 Å². The summed E-state index contributed by atoms with van der Waals surface area (Å²) in [6.07, 6.45) is 0. The molecule has 5 nitrogen and oxygen atoms in total. The lowest BCUT2D eigenvalue weighted by atomic mass is 10.2. The summed E-state index contributed by atoms with van der Waals surface area (Å²) in [4.78, 5) is 24.0. The fourth-order valence-electron chi connectivity index (χ4n) is 1.56. The Hall–Kier alpha value is -1.53. The van der Waals surface area contributed by atoms with E-state index < -0.39 is 18.6 Å². The normalized spacial score (nSPS) is 11.8. The molecule has 0 saturated heterocycles. The molecule has 2 N–H and O–H groups in total. The lowest BCUT2D eigenvalue weighted by Gasteiger charge is -2.14. The molecule has 0 bridgehead atoms. The third-order valence-electron chi connectivity index (χ3n) is 2.71. The molecule has 6 heteroatoms. The molecule has 0 radical (unpaired) electrons. The van der Waals surface area contributed by atoms with Crippen LogP contribution >= 0.6 is 11.8 Å². The molecule has 1 unspecified atom stereocenters. The molecule has 20 heavy (non-hydrogen) atoms. The van der Waals surface area contributed by atoms with Crippen molar-refractivity contribution >= 4 is 23.6 Å². The van der Waals surface area contributed by atoms with Crippen molar-refractivity contribution in [1.82, 2.24) is 5.32 Å². The standard InChI is InChI=1S/C14H19NO4S/c1-9-4-5-10(2)12(6-9)20-8-13(17)15-11(7-16)14(18)19-3/h4-6,11,16H,7-8H2,1-3H3,(H,15,17).